The summed E-state index contributed by atoms with van der Waals surface area (Å²) in [5.41, 5.74) is 4.63. The summed E-state index contributed by atoms with van der Waals surface area (Å²) in [6.45, 7) is 1.98. The summed E-state index contributed by atoms with van der Waals surface area (Å²) in [6.07, 6.45) is 1.82. The molecule has 0 bridgehead atoms. The number of carbonyl (C=O) groups is 1. The van der Waals surface area contributed by atoms with E-state index in [9.17, 15) is 4.79 Å². The monoisotopic (exact) mass is 468 g/mol. The van der Waals surface area contributed by atoms with Gasteiger partial charge in [-0.15, -0.1) is 0 Å². The molecule has 4 N–H and O–H groups in total. The van der Waals surface area contributed by atoms with Crippen molar-refractivity contribution in [3.05, 3.63) is 72.4 Å². The molecule has 35 heavy (non-hydrogen) atoms. The van der Waals surface area contributed by atoms with Crippen LogP contribution in [0.15, 0.2) is 66.9 Å². The van der Waals surface area contributed by atoms with E-state index in [-0.39, 0.29) is 6.03 Å². The fraction of sp³-hybridized carbons (Fsp3) is 0.115. The van der Waals surface area contributed by atoms with Crippen molar-refractivity contribution in [1.82, 2.24) is 15.2 Å². The Morgan fingerprint density at radius 2 is 1.63 bits per heavy atom. The Labute approximate surface area is 201 Å². The standard InChI is InChI=1S/C26H24N6O3/c1-15-5-4-6-18(11-15)30-26(33)29-17-9-7-16(8-10-17)28-25-24-21(14-27-32-24)20-12-19(34-2)13-22(35-3)23(20)31-25/h4-14H,1-3H3,(H,27,32)(H,28,31)(H2,29,30,33). The molecule has 0 spiro atoms. The van der Waals surface area contributed by atoms with E-state index in [0.717, 1.165) is 27.7 Å². The van der Waals surface area contributed by atoms with Crippen molar-refractivity contribution < 1.29 is 14.3 Å². The molecule has 0 radical (unpaired) electrons. The van der Waals surface area contributed by atoms with Crippen LogP contribution in [-0.4, -0.2) is 35.4 Å². The molecule has 9 nitrogen and oxygen atoms in total. The number of aryl methyl sites for hydroxylation is 1. The Morgan fingerprint density at radius 1 is 0.857 bits per heavy atom. The molecule has 0 saturated heterocycles. The van der Waals surface area contributed by atoms with Crippen molar-refractivity contribution in [3.8, 4) is 11.5 Å². The highest BCUT2D eigenvalue weighted by molar-refractivity contribution is 6.10. The molecule has 0 saturated carbocycles. The van der Waals surface area contributed by atoms with Gasteiger partial charge in [0.25, 0.3) is 0 Å². The van der Waals surface area contributed by atoms with Crippen molar-refractivity contribution in [2.75, 3.05) is 30.2 Å². The van der Waals surface area contributed by atoms with Crippen LogP contribution in [0.1, 0.15) is 5.56 Å². The number of aromatic amines is 1. The van der Waals surface area contributed by atoms with E-state index in [4.69, 9.17) is 14.5 Å². The lowest BCUT2D eigenvalue weighted by Crippen LogP contribution is -2.19. The van der Waals surface area contributed by atoms with Crippen LogP contribution < -0.4 is 25.4 Å². The lowest BCUT2D eigenvalue weighted by Gasteiger charge is -2.13. The third kappa shape index (κ3) is 4.51. The molecule has 2 heterocycles. The number of anilines is 4. The molecule has 3 aromatic carbocycles. The molecule has 176 valence electrons. The molecule has 0 atom stereocenters. The van der Waals surface area contributed by atoms with Gasteiger partial charge in [0.05, 0.1) is 14.2 Å². The number of hydrogen-bond donors (Lipinski definition) is 4. The minimum atomic E-state index is -0.312. The molecule has 2 aromatic heterocycles. The molecule has 9 heteroatoms. The number of aromatic nitrogens is 3. The van der Waals surface area contributed by atoms with E-state index in [1.165, 1.54) is 0 Å². The maximum Gasteiger partial charge on any atom is 0.323 e. The predicted octanol–water partition coefficient (Wildman–Crippen LogP) is 5.82. The van der Waals surface area contributed by atoms with Gasteiger partial charge in [-0.05, 0) is 55.0 Å². The number of pyridine rings is 1. The number of urea groups is 1. The van der Waals surface area contributed by atoms with Crippen LogP contribution >= 0.6 is 0 Å². The second-order valence-corrected chi connectivity index (χ2v) is 7.98. The van der Waals surface area contributed by atoms with Crippen LogP contribution in [0.5, 0.6) is 11.5 Å². The van der Waals surface area contributed by atoms with Gasteiger partial charge in [0.2, 0.25) is 0 Å². The van der Waals surface area contributed by atoms with E-state index in [2.05, 4.69) is 26.1 Å². The van der Waals surface area contributed by atoms with Crippen LogP contribution in [0.25, 0.3) is 21.8 Å². The number of methoxy groups -OCH3 is 2. The summed E-state index contributed by atoms with van der Waals surface area (Å²) in [4.78, 5) is 17.1. The van der Waals surface area contributed by atoms with Gasteiger partial charge in [-0.2, -0.15) is 5.10 Å². The first-order chi connectivity index (χ1) is 17.0. The van der Waals surface area contributed by atoms with Crippen molar-refractivity contribution >= 4 is 50.7 Å². The molecule has 2 amide bonds. The van der Waals surface area contributed by atoms with Gasteiger partial charge in [-0.1, -0.05) is 12.1 Å². The molecule has 0 fully saturated rings. The van der Waals surface area contributed by atoms with E-state index in [1.54, 1.807) is 20.3 Å². The van der Waals surface area contributed by atoms with Gasteiger partial charge >= 0.3 is 6.03 Å². The van der Waals surface area contributed by atoms with Crippen LogP contribution in [0.4, 0.5) is 27.7 Å². The zero-order valence-electron chi connectivity index (χ0n) is 19.5. The molecular weight excluding hydrogens is 444 g/mol. The highest BCUT2D eigenvalue weighted by atomic mass is 16.5. The Balaban J connectivity index is 1.38. The Hall–Kier alpha value is -4.79. The molecule has 0 unspecified atom stereocenters. The van der Waals surface area contributed by atoms with Gasteiger partial charge in [-0.3, -0.25) is 5.10 Å². The third-order valence-corrected chi connectivity index (χ3v) is 5.56. The first-order valence-electron chi connectivity index (χ1n) is 10.9. The van der Waals surface area contributed by atoms with Crippen molar-refractivity contribution in [3.63, 3.8) is 0 Å². The zero-order valence-corrected chi connectivity index (χ0v) is 19.5. The van der Waals surface area contributed by atoms with Gasteiger partial charge in [0.1, 0.15) is 22.5 Å². The topological polar surface area (TPSA) is 113 Å². The summed E-state index contributed by atoms with van der Waals surface area (Å²) in [5.74, 6) is 1.86. The smallest absolute Gasteiger partial charge is 0.323 e. The van der Waals surface area contributed by atoms with Gasteiger partial charge in [0, 0.05) is 40.1 Å². The number of rotatable bonds is 6. The van der Waals surface area contributed by atoms with Crippen LogP contribution in [0.2, 0.25) is 0 Å². The van der Waals surface area contributed by atoms with Crippen LogP contribution in [-0.2, 0) is 0 Å². The fourth-order valence-electron chi connectivity index (χ4n) is 3.89. The molecule has 5 rings (SSSR count). The van der Waals surface area contributed by atoms with Gasteiger partial charge in [0.15, 0.2) is 5.82 Å². The largest absolute Gasteiger partial charge is 0.497 e. The average Bonchev–Trinajstić information content (AvgIpc) is 3.35. The second-order valence-electron chi connectivity index (χ2n) is 7.98. The summed E-state index contributed by atoms with van der Waals surface area (Å²) in [7, 11) is 3.21. The predicted molar refractivity (Wildman–Crippen MR) is 138 cm³/mol. The van der Waals surface area contributed by atoms with Gasteiger partial charge < -0.3 is 25.4 Å². The van der Waals surface area contributed by atoms with E-state index in [0.29, 0.717) is 34.0 Å². The summed E-state index contributed by atoms with van der Waals surface area (Å²) < 4.78 is 11.0. The van der Waals surface area contributed by atoms with Crippen molar-refractivity contribution in [2.45, 2.75) is 6.92 Å². The quantitative estimate of drug-likeness (QED) is 0.250. The number of carbonyl (C=O) groups excluding carboxylic acids is 1. The first kappa shape index (κ1) is 22.0. The summed E-state index contributed by atoms with van der Waals surface area (Å²) in [5, 5.41) is 18.1. The summed E-state index contributed by atoms with van der Waals surface area (Å²) >= 11 is 0. The zero-order chi connectivity index (χ0) is 24.4. The molecular formula is C26H24N6O3. The number of H-pyrrole nitrogens is 1. The number of hydrogen-bond acceptors (Lipinski definition) is 6. The van der Waals surface area contributed by atoms with E-state index in [1.807, 2.05) is 67.7 Å². The minimum Gasteiger partial charge on any atom is -0.497 e. The lowest BCUT2D eigenvalue weighted by molar-refractivity contribution is 0.262. The second kappa shape index (κ2) is 9.22. The normalized spacial score (nSPS) is 10.8. The SMILES string of the molecule is COc1cc(OC)c2nc(Nc3ccc(NC(=O)Nc4cccc(C)c4)cc3)c3n[nH]cc3c2c1. The highest BCUT2D eigenvalue weighted by Gasteiger charge is 2.16. The van der Waals surface area contributed by atoms with Crippen molar-refractivity contribution in [1.29, 1.82) is 0 Å². The minimum absolute atomic E-state index is 0.312. The molecule has 0 aliphatic rings. The third-order valence-electron chi connectivity index (χ3n) is 5.56. The summed E-state index contributed by atoms with van der Waals surface area (Å²) in [6, 6.07) is 18.4. The van der Waals surface area contributed by atoms with E-state index >= 15 is 0 Å². The molecule has 0 aliphatic heterocycles. The maximum atomic E-state index is 12.3. The van der Waals surface area contributed by atoms with Crippen molar-refractivity contribution in [2.24, 2.45) is 0 Å². The van der Waals surface area contributed by atoms with Crippen LogP contribution in [0, 0.1) is 6.92 Å². The fourth-order valence-corrected chi connectivity index (χ4v) is 3.89. The number of ether oxygens (including phenoxy) is 2. The van der Waals surface area contributed by atoms with E-state index < -0.39 is 0 Å². The Morgan fingerprint density at radius 3 is 2.37 bits per heavy atom. The average molecular weight is 469 g/mol. The molecule has 0 aliphatic carbocycles. The Bertz CT molecular complexity index is 1530. The Kier molecular flexibility index (Phi) is 5.80. The lowest BCUT2D eigenvalue weighted by atomic mass is 10.1. The van der Waals surface area contributed by atoms with Gasteiger partial charge in [-0.25, -0.2) is 9.78 Å². The number of fused-ring (bicyclic) bond motifs is 3. The van der Waals surface area contributed by atoms with Crippen LogP contribution in [0.3, 0.4) is 0 Å². The number of nitrogens with zero attached hydrogens (tertiary/aromatic N) is 2. The maximum absolute atomic E-state index is 12.3. The molecule has 5 aromatic rings. The number of amides is 2. The highest BCUT2D eigenvalue weighted by Crippen LogP contribution is 2.37. The number of nitrogens with one attached hydrogen (secondary N) is 4. The first-order valence-corrected chi connectivity index (χ1v) is 10.9. The number of benzene rings is 3.